The Bertz CT molecular complexity index is 605. The molecular weight excluding hydrogens is 425 g/mol. The van der Waals surface area contributed by atoms with Crippen molar-refractivity contribution in [2.45, 2.75) is 19.2 Å². The van der Waals surface area contributed by atoms with Gasteiger partial charge >= 0.3 is 18.1 Å². The molecule has 0 radical (unpaired) electrons. The number of carbonyl (C=O) groups is 3. The van der Waals surface area contributed by atoms with E-state index in [0.717, 1.165) is 11.4 Å². The summed E-state index contributed by atoms with van der Waals surface area (Å²) in [6.45, 7) is 0.859. The molecule has 0 atom stereocenters. The summed E-state index contributed by atoms with van der Waals surface area (Å²) >= 11 is 0. The number of hydrogen-bond donors (Lipinski definition) is 3. The van der Waals surface area contributed by atoms with E-state index in [1.54, 1.807) is 17.0 Å². The summed E-state index contributed by atoms with van der Waals surface area (Å²) < 4.78 is 37.0. The van der Waals surface area contributed by atoms with Gasteiger partial charge in [-0.15, -0.1) is 0 Å². The maximum atomic E-state index is 11.5. The van der Waals surface area contributed by atoms with E-state index < -0.39 is 18.1 Å². The Balaban J connectivity index is 0.000000887. The number of aromatic nitrogens is 1. The molecule has 1 aromatic rings. The molecule has 0 aliphatic heterocycles. The number of carboxylic acids is 2. The Kier molecular flexibility index (Phi) is 13.9. The number of pyridine rings is 1. The van der Waals surface area contributed by atoms with Gasteiger partial charge < -0.3 is 20.3 Å². The van der Waals surface area contributed by atoms with Gasteiger partial charge in [0.15, 0.2) is 0 Å². The summed E-state index contributed by atoms with van der Waals surface area (Å²) in [4.78, 5) is 34.7. The summed E-state index contributed by atoms with van der Waals surface area (Å²) in [5.74, 6) is -2.41. The van der Waals surface area contributed by atoms with Gasteiger partial charge in [-0.05, 0) is 12.1 Å². The summed E-state index contributed by atoms with van der Waals surface area (Å²) in [7, 11) is 3.04. The third kappa shape index (κ3) is 16.2. The van der Waals surface area contributed by atoms with Crippen LogP contribution in [0.5, 0.6) is 0 Å². The lowest BCUT2D eigenvalue weighted by Crippen LogP contribution is -2.29. The van der Waals surface area contributed by atoms with Gasteiger partial charge in [0.2, 0.25) is 5.91 Å². The molecule has 158 valence electrons. The largest absolute Gasteiger partial charge is 0.490 e. The molecular formula is C15H19F3N2O6S2. The zero-order chi connectivity index (χ0) is 21.4. The first-order valence-corrected chi connectivity index (χ1v) is 10.1. The van der Waals surface area contributed by atoms with Crippen molar-refractivity contribution in [1.82, 2.24) is 10.3 Å². The van der Waals surface area contributed by atoms with Crippen molar-refractivity contribution in [3.05, 3.63) is 30.1 Å². The predicted molar refractivity (Wildman–Crippen MR) is 97.8 cm³/mol. The molecule has 0 aliphatic rings. The van der Waals surface area contributed by atoms with Crippen LogP contribution in [0.2, 0.25) is 0 Å². The Morgan fingerprint density at radius 3 is 2.32 bits per heavy atom. The van der Waals surface area contributed by atoms with Gasteiger partial charge in [0, 0.05) is 24.2 Å². The van der Waals surface area contributed by atoms with Gasteiger partial charge in [-0.2, -0.15) is 13.2 Å². The standard InChI is InChI=1S/C13H18N2O4S2.C2HF3O2/c16-12(10-19-9-11-3-1-2-5-14-11)15-6-8-21-20-7-4-13(17)18;3-2(4,5)1(6)7/h1-3,5H,4,6-10H2,(H,15,16)(H,17,18);(H,6,7). The molecule has 3 N–H and O–H groups in total. The lowest BCUT2D eigenvalue weighted by Gasteiger charge is -2.05. The Morgan fingerprint density at radius 1 is 1.14 bits per heavy atom. The van der Waals surface area contributed by atoms with Gasteiger partial charge in [-0.25, -0.2) is 4.79 Å². The van der Waals surface area contributed by atoms with Crippen LogP contribution in [-0.2, 0) is 25.7 Å². The van der Waals surface area contributed by atoms with E-state index in [1.165, 1.54) is 10.8 Å². The van der Waals surface area contributed by atoms with Crippen molar-refractivity contribution in [3.63, 3.8) is 0 Å². The van der Waals surface area contributed by atoms with Crippen molar-refractivity contribution >= 4 is 39.4 Å². The molecule has 0 spiro atoms. The van der Waals surface area contributed by atoms with Crippen LogP contribution in [0.15, 0.2) is 24.4 Å². The van der Waals surface area contributed by atoms with Crippen LogP contribution < -0.4 is 5.32 Å². The summed E-state index contributed by atoms with van der Waals surface area (Å²) in [5.41, 5.74) is 0.788. The highest BCUT2D eigenvalue weighted by Gasteiger charge is 2.38. The number of hydrogen-bond acceptors (Lipinski definition) is 7. The van der Waals surface area contributed by atoms with Gasteiger partial charge in [-0.3, -0.25) is 14.6 Å². The zero-order valence-corrected chi connectivity index (χ0v) is 16.1. The molecule has 0 unspecified atom stereocenters. The van der Waals surface area contributed by atoms with Crippen LogP contribution in [0.3, 0.4) is 0 Å². The number of amides is 1. The average molecular weight is 444 g/mol. The van der Waals surface area contributed by atoms with Crippen molar-refractivity contribution in [3.8, 4) is 0 Å². The highest BCUT2D eigenvalue weighted by molar-refractivity contribution is 8.76. The normalized spacial score (nSPS) is 10.5. The Morgan fingerprint density at radius 2 is 1.79 bits per heavy atom. The quantitative estimate of drug-likeness (QED) is 0.348. The van der Waals surface area contributed by atoms with Crippen molar-refractivity contribution in [2.75, 3.05) is 24.7 Å². The second-order valence-corrected chi connectivity index (χ2v) is 7.46. The highest BCUT2D eigenvalue weighted by atomic mass is 33.1. The van der Waals surface area contributed by atoms with E-state index in [1.807, 2.05) is 18.2 Å². The van der Waals surface area contributed by atoms with Crippen molar-refractivity contribution < 1.29 is 42.5 Å². The highest BCUT2D eigenvalue weighted by Crippen LogP contribution is 2.20. The molecule has 13 heteroatoms. The number of carbonyl (C=O) groups excluding carboxylic acids is 1. The van der Waals surface area contributed by atoms with Gasteiger partial charge in [0.25, 0.3) is 0 Å². The topological polar surface area (TPSA) is 126 Å². The van der Waals surface area contributed by atoms with Gasteiger partial charge in [0.05, 0.1) is 18.7 Å². The fourth-order valence-corrected chi connectivity index (χ4v) is 3.15. The zero-order valence-electron chi connectivity index (χ0n) is 14.5. The van der Waals surface area contributed by atoms with Crippen molar-refractivity contribution in [2.24, 2.45) is 0 Å². The van der Waals surface area contributed by atoms with E-state index in [2.05, 4.69) is 10.3 Å². The molecule has 0 aromatic carbocycles. The minimum Gasteiger partial charge on any atom is -0.481 e. The van der Waals surface area contributed by atoms with Crippen LogP contribution in [0.4, 0.5) is 13.2 Å². The van der Waals surface area contributed by atoms with Gasteiger partial charge in [-0.1, -0.05) is 27.7 Å². The number of nitrogens with one attached hydrogen (secondary N) is 1. The minimum atomic E-state index is -5.08. The van der Waals surface area contributed by atoms with Crippen LogP contribution in [0.1, 0.15) is 12.1 Å². The van der Waals surface area contributed by atoms with Crippen LogP contribution in [0.25, 0.3) is 0 Å². The van der Waals surface area contributed by atoms with Crippen LogP contribution in [0, 0.1) is 0 Å². The molecule has 0 saturated heterocycles. The molecule has 0 aliphatic carbocycles. The monoisotopic (exact) mass is 444 g/mol. The van der Waals surface area contributed by atoms with Crippen LogP contribution >= 0.6 is 21.6 Å². The van der Waals surface area contributed by atoms with E-state index >= 15 is 0 Å². The molecule has 1 rings (SSSR count). The maximum absolute atomic E-state index is 11.5. The van der Waals surface area contributed by atoms with E-state index in [9.17, 15) is 22.8 Å². The number of carboxylic acid groups (broad SMARTS) is 2. The molecule has 1 heterocycles. The fraction of sp³-hybridized carbons (Fsp3) is 0.467. The summed E-state index contributed by atoms with van der Waals surface area (Å²) in [6, 6.07) is 5.52. The third-order valence-electron chi connectivity index (χ3n) is 2.44. The van der Waals surface area contributed by atoms with E-state index in [4.69, 9.17) is 19.7 Å². The predicted octanol–water partition coefficient (Wildman–Crippen LogP) is 2.20. The summed E-state index contributed by atoms with van der Waals surface area (Å²) in [6.07, 6.45) is -3.25. The second-order valence-electron chi connectivity index (χ2n) is 4.75. The molecule has 0 bridgehead atoms. The number of alkyl halides is 3. The van der Waals surface area contributed by atoms with E-state index in [0.29, 0.717) is 18.9 Å². The molecule has 1 aromatic heterocycles. The number of nitrogens with zero attached hydrogens (tertiary/aromatic N) is 1. The second kappa shape index (κ2) is 15.0. The smallest absolute Gasteiger partial charge is 0.481 e. The SMILES string of the molecule is O=C(O)C(F)(F)F.O=C(O)CCSSCCNC(=O)COCc1ccccn1. The molecule has 28 heavy (non-hydrogen) atoms. The van der Waals surface area contributed by atoms with Gasteiger partial charge in [0.1, 0.15) is 6.61 Å². The first kappa shape index (κ1) is 26.0. The summed E-state index contributed by atoms with van der Waals surface area (Å²) in [5, 5.41) is 18.3. The minimum absolute atomic E-state index is 0.00734. The first-order valence-electron chi connectivity index (χ1n) is 7.63. The average Bonchev–Trinajstić information content (AvgIpc) is 2.61. The molecule has 0 fully saturated rings. The third-order valence-corrected chi connectivity index (χ3v) is 4.85. The number of rotatable bonds is 11. The van der Waals surface area contributed by atoms with Crippen molar-refractivity contribution in [1.29, 1.82) is 0 Å². The Labute approximate surface area is 166 Å². The maximum Gasteiger partial charge on any atom is 0.490 e. The lowest BCUT2D eigenvalue weighted by atomic mass is 10.4. The molecule has 8 nitrogen and oxygen atoms in total. The van der Waals surface area contributed by atoms with Crippen LogP contribution in [-0.4, -0.2) is 63.9 Å². The Hall–Kier alpha value is -1.99. The molecule has 1 amide bonds. The molecule has 0 saturated carbocycles. The van der Waals surface area contributed by atoms with E-state index in [-0.39, 0.29) is 18.9 Å². The first-order chi connectivity index (χ1) is 13.1. The number of aliphatic carboxylic acids is 2. The number of ether oxygens (including phenoxy) is 1. The lowest BCUT2D eigenvalue weighted by molar-refractivity contribution is -0.192. The fourth-order valence-electron chi connectivity index (χ4n) is 1.26. The number of halogens is 3.